The van der Waals surface area contributed by atoms with Crippen molar-refractivity contribution in [3.8, 4) is 0 Å². The molecule has 0 bridgehead atoms. The number of nitrogens with one attached hydrogen (secondary N) is 1. The molecule has 4 rings (SSSR count). The van der Waals surface area contributed by atoms with Crippen LogP contribution in [0.5, 0.6) is 0 Å². The Hall–Kier alpha value is -3.15. The fraction of sp³-hybridized carbons (Fsp3) is 0.483. The standard InChI is InChI=1S/C29H38N4O2/c1-3-23(4-2)29(35)30-19-27-31-25-17-11-12-18-26(25)33(27)21-28(34)32(24-15-9-6-10-16-24)20-22-13-7-5-8-14-22/h5,7-8,11-14,17-18,23-24H,3-4,6,9-10,15-16,19-21H2,1-2H3,(H,30,35). The fourth-order valence-corrected chi connectivity index (χ4v) is 5.23. The maximum Gasteiger partial charge on any atom is 0.243 e. The minimum Gasteiger partial charge on any atom is -0.349 e. The van der Waals surface area contributed by atoms with Crippen LogP contribution in [0, 0.1) is 5.92 Å². The van der Waals surface area contributed by atoms with Crippen molar-refractivity contribution < 1.29 is 9.59 Å². The molecule has 1 N–H and O–H groups in total. The highest BCUT2D eigenvalue weighted by Crippen LogP contribution is 2.25. The molecular formula is C29H38N4O2. The van der Waals surface area contributed by atoms with Crippen LogP contribution in [0.2, 0.25) is 0 Å². The quantitative estimate of drug-likeness (QED) is 0.425. The van der Waals surface area contributed by atoms with Gasteiger partial charge in [0.2, 0.25) is 11.8 Å². The normalized spacial score (nSPS) is 14.4. The van der Waals surface area contributed by atoms with Crippen molar-refractivity contribution in [3.63, 3.8) is 0 Å². The summed E-state index contributed by atoms with van der Waals surface area (Å²) in [6.45, 7) is 5.24. The Morgan fingerprint density at radius 3 is 2.40 bits per heavy atom. The van der Waals surface area contributed by atoms with Gasteiger partial charge in [-0.05, 0) is 43.4 Å². The van der Waals surface area contributed by atoms with Gasteiger partial charge >= 0.3 is 0 Å². The third-order valence-corrected chi connectivity index (χ3v) is 7.34. The Bertz CT molecular complexity index is 1110. The second kappa shape index (κ2) is 12.0. The number of carbonyl (C=O) groups is 2. The van der Waals surface area contributed by atoms with Gasteiger partial charge in [0.15, 0.2) is 0 Å². The summed E-state index contributed by atoms with van der Waals surface area (Å²) in [6.07, 6.45) is 7.33. The van der Waals surface area contributed by atoms with Crippen LogP contribution < -0.4 is 5.32 Å². The molecule has 3 aromatic rings. The lowest BCUT2D eigenvalue weighted by Crippen LogP contribution is -2.43. The average molecular weight is 475 g/mol. The van der Waals surface area contributed by atoms with Crippen LogP contribution in [-0.4, -0.2) is 32.3 Å². The average Bonchev–Trinajstić information content (AvgIpc) is 3.25. The van der Waals surface area contributed by atoms with E-state index in [1.165, 1.54) is 19.3 Å². The molecule has 1 aromatic heterocycles. The van der Waals surface area contributed by atoms with Crippen molar-refractivity contribution in [3.05, 3.63) is 66.0 Å². The highest BCUT2D eigenvalue weighted by Gasteiger charge is 2.27. The van der Waals surface area contributed by atoms with E-state index in [1.54, 1.807) is 0 Å². The lowest BCUT2D eigenvalue weighted by Gasteiger charge is -2.35. The van der Waals surface area contributed by atoms with E-state index in [0.717, 1.165) is 48.1 Å². The smallest absolute Gasteiger partial charge is 0.243 e. The lowest BCUT2D eigenvalue weighted by molar-refractivity contribution is -0.135. The topological polar surface area (TPSA) is 67.2 Å². The molecule has 0 aliphatic heterocycles. The molecular weight excluding hydrogens is 436 g/mol. The third-order valence-electron chi connectivity index (χ3n) is 7.34. The molecule has 1 aliphatic rings. The molecule has 6 heteroatoms. The third kappa shape index (κ3) is 6.11. The fourth-order valence-electron chi connectivity index (χ4n) is 5.23. The maximum atomic E-state index is 13.8. The molecule has 6 nitrogen and oxygen atoms in total. The van der Waals surface area contributed by atoms with E-state index in [9.17, 15) is 9.59 Å². The lowest BCUT2D eigenvalue weighted by atomic mass is 9.93. The Morgan fingerprint density at radius 2 is 1.69 bits per heavy atom. The van der Waals surface area contributed by atoms with E-state index in [1.807, 2.05) is 60.9 Å². The highest BCUT2D eigenvalue weighted by atomic mass is 16.2. The summed E-state index contributed by atoms with van der Waals surface area (Å²) >= 11 is 0. The molecule has 1 aliphatic carbocycles. The Kier molecular flexibility index (Phi) is 8.56. The summed E-state index contributed by atoms with van der Waals surface area (Å²) in [5, 5.41) is 3.06. The number of aromatic nitrogens is 2. The maximum absolute atomic E-state index is 13.8. The zero-order valence-electron chi connectivity index (χ0n) is 21.1. The van der Waals surface area contributed by atoms with Crippen LogP contribution >= 0.6 is 0 Å². The zero-order chi connectivity index (χ0) is 24.6. The Balaban J connectivity index is 1.58. The molecule has 1 saturated carbocycles. The van der Waals surface area contributed by atoms with Crippen molar-refractivity contribution >= 4 is 22.8 Å². The van der Waals surface area contributed by atoms with Gasteiger partial charge in [0.1, 0.15) is 12.4 Å². The SMILES string of the molecule is CCC(CC)C(=O)NCc1nc2ccccc2n1CC(=O)N(Cc1ccccc1)C1CCCCC1. The summed E-state index contributed by atoms with van der Waals surface area (Å²) < 4.78 is 1.99. The molecule has 0 saturated heterocycles. The number of hydrogen-bond acceptors (Lipinski definition) is 3. The van der Waals surface area contributed by atoms with Crippen LogP contribution in [0.15, 0.2) is 54.6 Å². The Morgan fingerprint density at radius 1 is 1.00 bits per heavy atom. The van der Waals surface area contributed by atoms with E-state index in [0.29, 0.717) is 13.1 Å². The van der Waals surface area contributed by atoms with Gasteiger partial charge in [-0.2, -0.15) is 0 Å². The molecule has 1 heterocycles. The number of fused-ring (bicyclic) bond motifs is 1. The molecule has 1 fully saturated rings. The molecule has 0 atom stereocenters. The molecule has 0 radical (unpaired) electrons. The van der Waals surface area contributed by atoms with Gasteiger partial charge in [-0.1, -0.05) is 75.6 Å². The van der Waals surface area contributed by atoms with E-state index >= 15 is 0 Å². The number of rotatable bonds is 10. The summed E-state index contributed by atoms with van der Waals surface area (Å²) in [4.78, 5) is 33.3. The van der Waals surface area contributed by atoms with Crippen LogP contribution in [0.3, 0.4) is 0 Å². The molecule has 0 unspecified atom stereocenters. The largest absolute Gasteiger partial charge is 0.349 e. The predicted molar refractivity (Wildman–Crippen MR) is 140 cm³/mol. The number of carbonyl (C=O) groups excluding carboxylic acids is 2. The number of hydrogen-bond donors (Lipinski definition) is 1. The van der Waals surface area contributed by atoms with Crippen molar-refractivity contribution in [1.82, 2.24) is 19.8 Å². The molecule has 2 aromatic carbocycles. The van der Waals surface area contributed by atoms with Crippen molar-refractivity contribution in [2.75, 3.05) is 0 Å². The molecule has 2 amide bonds. The summed E-state index contributed by atoms with van der Waals surface area (Å²) in [5.74, 6) is 0.883. The zero-order valence-corrected chi connectivity index (χ0v) is 21.1. The van der Waals surface area contributed by atoms with Crippen LogP contribution in [0.4, 0.5) is 0 Å². The van der Waals surface area contributed by atoms with Crippen molar-refractivity contribution in [2.45, 2.75) is 84.5 Å². The van der Waals surface area contributed by atoms with Crippen LogP contribution in [0.25, 0.3) is 11.0 Å². The molecule has 0 spiro atoms. The summed E-state index contributed by atoms with van der Waals surface area (Å²) in [6, 6.07) is 18.4. The van der Waals surface area contributed by atoms with Crippen LogP contribution in [0.1, 0.15) is 70.2 Å². The summed E-state index contributed by atoms with van der Waals surface area (Å²) in [5.41, 5.74) is 2.93. The second-order valence-corrected chi connectivity index (χ2v) is 9.63. The van der Waals surface area contributed by atoms with E-state index in [-0.39, 0.29) is 30.3 Å². The van der Waals surface area contributed by atoms with Crippen molar-refractivity contribution in [2.24, 2.45) is 5.92 Å². The second-order valence-electron chi connectivity index (χ2n) is 9.63. The van der Waals surface area contributed by atoms with E-state index < -0.39 is 0 Å². The number of nitrogens with zero attached hydrogens (tertiary/aromatic N) is 3. The van der Waals surface area contributed by atoms with Gasteiger partial charge in [0, 0.05) is 18.5 Å². The predicted octanol–water partition coefficient (Wildman–Crippen LogP) is 5.45. The first-order chi connectivity index (χ1) is 17.1. The molecule has 186 valence electrons. The molecule has 35 heavy (non-hydrogen) atoms. The Labute approximate surface area is 208 Å². The number of amides is 2. The first-order valence-electron chi connectivity index (χ1n) is 13.2. The van der Waals surface area contributed by atoms with Gasteiger partial charge in [0.05, 0.1) is 17.6 Å². The van der Waals surface area contributed by atoms with Gasteiger partial charge in [-0.3, -0.25) is 9.59 Å². The van der Waals surface area contributed by atoms with Crippen molar-refractivity contribution in [1.29, 1.82) is 0 Å². The van der Waals surface area contributed by atoms with E-state index in [4.69, 9.17) is 4.98 Å². The first-order valence-corrected chi connectivity index (χ1v) is 13.2. The minimum absolute atomic E-state index is 0.00197. The van der Waals surface area contributed by atoms with Gasteiger partial charge in [0.25, 0.3) is 0 Å². The van der Waals surface area contributed by atoms with Gasteiger partial charge in [-0.25, -0.2) is 4.98 Å². The number of para-hydroxylation sites is 2. The number of imidazole rings is 1. The first kappa shape index (κ1) is 25.0. The number of benzene rings is 2. The van der Waals surface area contributed by atoms with Gasteiger partial charge in [-0.15, -0.1) is 0 Å². The minimum atomic E-state index is 0.00197. The highest BCUT2D eigenvalue weighted by molar-refractivity contribution is 5.82. The monoisotopic (exact) mass is 474 g/mol. The summed E-state index contributed by atoms with van der Waals surface area (Å²) in [7, 11) is 0. The van der Waals surface area contributed by atoms with Crippen LogP contribution in [-0.2, 0) is 29.2 Å². The van der Waals surface area contributed by atoms with Gasteiger partial charge < -0.3 is 14.8 Å². The van der Waals surface area contributed by atoms with E-state index in [2.05, 4.69) is 22.3 Å².